The lowest BCUT2D eigenvalue weighted by molar-refractivity contribution is 0.477. The molecule has 1 saturated carbocycles. The van der Waals surface area contributed by atoms with Crippen molar-refractivity contribution in [2.45, 2.75) is 43.0 Å². The largest absolute Gasteiger partial charge is 0.366 e. The van der Waals surface area contributed by atoms with Gasteiger partial charge in [0.1, 0.15) is 11.6 Å². The Balaban J connectivity index is 1.41. The SMILES string of the molecule is O=S(=O)(c1ccc(CNc2ccnc(C3CC3)n2)cc1)N1CCCC1. The average Bonchev–Trinajstić information content (AvgIpc) is 3.34. The minimum atomic E-state index is -3.34. The molecule has 0 spiro atoms. The third kappa shape index (κ3) is 3.67. The van der Waals surface area contributed by atoms with Gasteiger partial charge in [-0.1, -0.05) is 12.1 Å². The van der Waals surface area contributed by atoms with Gasteiger partial charge < -0.3 is 5.32 Å². The number of hydrogen-bond acceptors (Lipinski definition) is 5. The zero-order chi connectivity index (χ0) is 17.3. The molecular formula is C18H22N4O2S. The molecule has 0 bridgehead atoms. The molecular weight excluding hydrogens is 336 g/mol. The molecule has 0 atom stereocenters. The standard InChI is InChI=1S/C18H22N4O2S/c23-25(24,22-11-1-2-12-22)16-7-3-14(4-8-16)13-20-17-9-10-19-18(21-17)15-5-6-15/h3-4,7-10,15H,1-2,5-6,11-13H2,(H,19,20,21). The molecule has 4 rings (SSSR count). The second kappa shape index (κ2) is 6.72. The van der Waals surface area contributed by atoms with Crippen LogP contribution in [0.3, 0.4) is 0 Å². The van der Waals surface area contributed by atoms with Crippen molar-refractivity contribution in [2.24, 2.45) is 0 Å². The minimum Gasteiger partial charge on any atom is -0.366 e. The number of nitrogens with zero attached hydrogens (tertiary/aromatic N) is 3. The van der Waals surface area contributed by atoms with E-state index in [0.717, 1.165) is 30.0 Å². The van der Waals surface area contributed by atoms with E-state index in [0.29, 0.717) is 30.4 Å². The molecule has 1 aromatic carbocycles. The van der Waals surface area contributed by atoms with Gasteiger partial charge in [-0.15, -0.1) is 0 Å². The van der Waals surface area contributed by atoms with Crippen LogP contribution in [-0.4, -0.2) is 35.8 Å². The summed E-state index contributed by atoms with van der Waals surface area (Å²) in [5.74, 6) is 2.25. The van der Waals surface area contributed by atoms with E-state index in [2.05, 4.69) is 15.3 Å². The molecule has 1 aliphatic heterocycles. The first-order valence-electron chi connectivity index (χ1n) is 8.79. The highest BCUT2D eigenvalue weighted by molar-refractivity contribution is 7.89. The van der Waals surface area contributed by atoms with Crippen LogP contribution in [0.4, 0.5) is 5.82 Å². The Morgan fingerprint density at radius 3 is 2.48 bits per heavy atom. The Labute approximate surface area is 148 Å². The predicted molar refractivity (Wildman–Crippen MR) is 95.8 cm³/mol. The van der Waals surface area contributed by atoms with Crippen molar-refractivity contribution < 1.29 is 8.42 Å². The molecule has 2 heterocycles. The number of anilines is 1. The van der Waals surface area contributed by atoms with Crippen LogP contribution in [0.15, 0.2) is 41.4 Å². The van der Waals surface area contributed by atoms with Crippen LogP contribution in [0.5, 0.6) is 0 Å². The van der Waals surface area contributed by atoms with Crippen molar-refractivity contribution in [1.82, 2.24) is 14.3 Å². The Bertz CT molecular complexity index is 842. The lowest BCUT2D eigenvalue weighted by Gasteiger charge is -2.15. The third-order valence-corrected chi connectivity index (χ3v) is 6.63. The fourth-order valence-corrected chi connectivity index (χ4v) is 4.58. The fraction of sp³-hybridized carbons (Fsp3) is 0.444. The van der Waals surface area contributed by atoms with Crippen LogP contribution in [0.2, 0.25) is 0 Å². The molecule has 7 heteroatoms. The maximum atomic E-state index is 12.5. The van der Waals surface area contributed by atoms with Crippen molar-refractivity contribution in [3.8, 4) is 0 Å². The Hall–Kier alpha value is -1.99. The van der Waals surface area contributed by atoms with Gasteiger partial charge in [0.15, 0.2) is 0 Å². The van der Waals surface area contributed by atoms with E-state index in [9.17, 15) is 8.42 Å². The van der Waals surface area contributed by atoms with Gasteiger partial charge in [-0.3, -0.25) is 0 Å². The van der Waals surface area contributed by atoms with Gasteiger partial charge in [0.05, 0.1) is 4.90 Å². The average molecular weight is 358 g/mol. The summed E-state index contributed by atoms with van der Waals surface area (Å²) in [6.45, 7) is 1.86. The number of nitrogens with one attached hydrogen (secondary N) is 1. The molecule has 0 radical (unpaired) electrons. The van der Waals surface area contributed by atoms with E-state index < -0.39 is 10.0 Å². The normalized spacial score (nSPS) is 18.4. The van der Waals surface area contributed by atoms with E-state index in [1.807, 2.05) is 18.2 Å². The van der Waals surface area contributed by atoms with Crippen LogP contribution < -0.4 is 5.32 Å². The molecule has 1 aliphatic carbocycles. The molecule has 0 amide bonds. The van der Waals surface area contributed by atoms with Crippen molar-refractivity contribution in [2.75, 3.05) is 18.4 Å². The van der Waals surface area contributed by atoms with Gasteiger partial charge in [-0.05, 0) is 49.4 Å². The topological polar surface area (TPSA) is 75.2 Å². The summed E-state index contributed by atoms with van der Waals surface area (Å²) < 4.78 is 26.6. The summed E-state index contributed by atoms with van der Waals surface area (Å²) in [6, 6.07) is 8.97. The predicted octanol–water partition coefficient (Wildman–Crippen LogP) is 2.75. The highest BCUT2D eigenvalue weighted by Gasteiger charge is 2.27. The van der Waals surface area contributed by atoms with Crippen molar-refractivity contribution in [3.63, 3.8) is 0 Å². The molecule has 2 aromatic rings. The number of aromatic nitrogens is 2. The second-order valence-corrected chi connectivity index (χ2v) is 8.62. The zero-order valence-corrected chi connectivity index (χ0v) is 14.9. The van der Waals surface area contributed by atoms with Gasteiger partial charge in [-0.25, -0.2) is 18.4 Å². The molecule has 1 aromatic heterocycles. The van der Waals surface area contributed by atoms with Crippen LogP contribution >= 0.6 is 0 Å². The van der Waals surface area contributed by atoms with E-state index in [-0.39, 0.29) is 0 Å². The Morgan fingerprint density at radius 1 is 1.08 bits per heavy atom. The molecule has 1 saturated heterocycles. The van der Waals surface area contributed by atoms with Gasteiger partial charge in [0, 0.05) is 31.7 Å². The van der Waals surface area contributed by atoms with Gasteiger partial charge in [0.25, 0.3) is 0 Å². The summed E-state index contributed by atoms with van der Waals surface area (Å²) in [6.07, 6.45) is 6.04. The third-order valence-electron chi connectivity index (χ3n) is 4.72. The maximum Gasteiger partial charge on any atom is 0.243 e. The van der Waals surface area contributed by atoms with Crippen LogP contribution in [0.1, 0.15) is 43.0 Å². The molecule has 2 fully saturated rings. The van der Waals surface area contributed by atoms with E-state index in [4.69, 9.17) is 0 Å². The highest BCUT2D eigenvalue weighted by atomic mass is 32.2. The van der Waals surface area contributed by atoms with Gasteiger partial charge in [-0.2, -0.15) is 4.31 Å². The van der Waals surface area contributed by atoms with Gasteiger partial charge in [0.2, 0.25) is 10.0 Å². The smallest absolute Gasteiger partial charge is 0.243 e. The number of sulfonamides is 1. The molecule has 6 nitrogen and oxygen atoms in total. The van der Waals surface area contributed by atoms with E-state index in [1.165, 1.54) is 12.8 Å². The minimum absolute atomic E-state index is 0.371. The Morgan fingerprint density at radius 2 is 1.80 bits per heavy atom. The van der Waals surface area contributed by atoms with Crippen LogP contribution in [-0.2, 0) is 16.6 Å². The van der Waals surface area contributed by atoms with Crippen molar-refractivity contribution in [3.05, 3.63) is 47.9 Å². The zero-order valence-electron chi connectivity index (χ0n) is 14.1. The van der Waals surface area contributed by atoms with Crippen molar-refractivity contribution >= 4 is 15.8 Å². The molecule has 25 heavy (non-hydrogen) atoms. The van der Waals surface area contributed by atoms with E-state index >= 15 is 0 Å². The number of rotatable bonds is 6. The summed E-state index contributed by atoms with van der Waals surface area (Å²) in [7, 11) is -3.34. The van der Waals surface area contributed by atoms with Crippen LogP contribution in [0, 0.1) is 0 Å². The quantitative estimate of drug-likeness (QED) is 0.859. The monoisotopic (exact) mass is 358 g/mol. The highest BCUT2D eigenvalue weighted by Crippen LogP contribution is 2.38. The summed E-state index contributed by atoms with van der Waals surface area (Å²) >= 11 is 0. The molecule has 1 N–H and O–H groups in total. The fourth-order valence-electron chi connectivity index (χ4n) is 3.06. The molecule has 0 unspecified atom stereocenters. The maximum absolute atomic E-state index is 12.5. The Kier molecular flexibility index (Phi) is 4.43. The summed E-state index contributed by atoms with van der Waals surface area (Å²) in [4.78, 5) is 9.22. The number of benzene rings is 1. The molecule has 2 aliphatic rings. The first-order valence-corrected chi connectivity index (χ1v) is 10.2. The van der Waals surface area contributed by atoms with Crippen molar-refractivity contribution in [1.29, 1.82) is 0 Å². The summed E-state index contributed by atoms with van der Waals surface area (Å²) in [5.41, 5.74) is 1.02. The lowest BCUT2D eigenvalue weighted by Crippen LogP contribution is -2.27. The van der Waals surface area contributed by atoms with E-state index in [1.54, 1.807) is 22.6 Å². The lowest BCUT2D eigenvalue weighted by atomic mass is 10.2. The van der Waals surface area contributed by atoms with Crippen LogP contribution in [0.25, 0.3) is 0 Å². The number of hydrogen-bond donors (Lipinski definition) is 1. The summed E-state index contributed by atoms with van der Waals surface area (Å²) in [5, 5.41) is 3.29. The first-order chi connectivity index (χ1) is 12.1. The first kappa shape index (κ1) is 16.5. The molecule has 132 valence electrons. The second-order valence-electron chi connectivity index (χ2n) is 6.68. The van der Waals surface area contributed by atoms with Gasteiger partial charge >= 0.3 is 0 Å².